The minimum Gasteiger partial charge on any atom is -0.356 e. The number of amides is 2. The molecule has 24 heavy (non-hydrogen) atoms. The Morgan fingerprint density at radius 1 is 1.29 bits per heavy atom. The molecule has 8 nitrogen and oxygen atoms in total. The minimum absolute atomic E-state index is 0.0749. The Labute approximate surface area is 143 Å². The molecule has 2 aromatic rings. The van der Waals surface area contributed by atoms with Crippen LogP contribution in [0.15, 0.2) is 30.6 Å². The van der Waals surface area contributed by atoms with Crippen LogP contribution in [0.2, 0.25) is 5.02 Å². The van der Waals surface area contributed by atoms with Gasteiger partial charge in [0.05, 0.1) is 6.33 Å². The summed E-state index contributed by atoms with van der Waals surface area (Å²) in [5.74, 6) is -0.362. The maximum absolute atomic E-state index is 12.4. The molecule has 0 aliphatic carbocycles. The van der Waals surface area contributed by atoms with Crippen molar-refractivity contribution in [2.24, 2.45) is 0 Å². The van der Waals surface area contributed by atoms with Crippen molar-refractivity contribution in [2.45, 2.75) is 12.9 Å². The summed E-state index contributed by atoms with van der Waals surface area (Å²) < 4.78 is 1.46. The van der Waals surface area contributed by atoms with E-state index < -0.39 is 12.3 Å². The number of carbonyl (C=O) groups excluding carboxylic acids is 2. The summed E-state index contributed by atoms with van der Waals surface area (Å²) in [6.45, 7) is -0.0749. The van der Waals surface area contributed by atoms with E-state index in [1.165, 1.54) is 27.7 Å². The van der Waals surface area contributed by atoms with Gasteiger partial charge in [-0.3, -0.25) is 14.5 Å². The highest BCUT2D eigenvalue weighted by atomic mass is 35.5. The number of aromatic nitrogens is 2. The fraction of sp³-hybridized carbons (Fsp3) is 0.267. The van der Waals surface area contributed by atoms with Crippen LogP contribution in [0.5, 0.6) is 0 Å². The summed E-state index contributed by atoms with van der Waals surface area (Å²) >= 11 is 5.81. The van der Waals surface area contributed by atoms with E-state index in [1.54, 1.807) is 31.3 Å². The third-order valence-electron chi connectivity index (χ3n) is 3.81. The van der Waals surface area contributed by atoms with Gasteiger partial charge in [0.15, 0.2) is 11.5 Å². The third kappa shape index (κ3) is 2.81. The highest BCUT2D eigenvalue weighted by Crippen LogP contribution is 2.26. The lowest BCUT2D eigenvalue weighted by Crippen LogP contribution is -2.52. The molecule has 1 atom stereocenters. The molecule has 2 amide bonds. The molecule has 1 aliphatic heterocycles. The van der Waals surface area contributed by atoms with Crippen LogP contribution in [0.1, 0.15) is 10.5 Å². The lowest BCUT2D eigenvalue weighted by atomic mass is 10.3. The lowest BCUT2D eigenvalue weighted by Gasteiger charge is -2.36. The van der Waals surface area contributed by atoms with Crippen LogP contribution < -0.4 is 10.2 Å². The van der Waals surface area contributed by atoms with Gasteiger partial charge < -0.3 is 19.9 Å². The van der Waals surface area contributed by atoms with Crippen molar-refractivity contribution in [3.63, 3.8) is 0 Å². The highest BCUT2D eigenvalue weighted by molar-refractivity contribution is 6.30. The van der Waals surface area contributed by atoms with Gasteiger partial charge in [-0.15, -0.1) is 0 Å². The van der Waals surface area contributed by atoms with Crippen molar-refractivity contribution in [3.05, 3.63) is 41.3 Å². The van der Waals surface area contributed by atoms with Crippen LogP contribution in [0.25, 0.3) is 0 Å². The van der Waals surface area contributed by atoms with Gasteiger partial charge in [-0.2, -0.15) is 0 Å². The Bertz CT molecular complexity index is 789. The monoisotopic (exact) mass is 349 g/mol. The first-order chi connectivity index (χ1) is 11.4. The van der Waals surface area contributed by atoms with Gasteiger partial charge in [0.2, 0.25) is 12.3 Å². The van der Waals surface area contributed by atoms with Crippen molar-refractivity contribution in [2.75, 3.05) is 24.3 Å². The second-order valence-corrected chi connectivity index (χ2v) is 5.91. The summed E-state index contributed by atoms with van der Waals surface area (Å²) in [6.07, 6.45) is 0.322. The number of fused-ring (bicyclic) bond motifs is 1. The molecular formula is C15H16ClN5O3. The van der Waals surface area contributed by atoms with E-state index in [2.05, 4.69) is 10.3 Å². The van der Waals surface area contributed by atoms with Gasteiger partial charge in [0, 0.05) is 24.8 Å². The van der Waals surface area contributed by atoms with Gasteiger partial charge in [-0.25, -0.2) is 4.98 Å². The van der Waals surface area contributed by atoms with Crippen molar-refractivity contribution >= 4 is 34.9 Å². The van der Waals surface area contributed by atoms with E-state index in [9.17, 15) is 14.7 Å². The van der Waals surface area contributed by atoms with Gasteiger partial charge in [0.25, 0.3) is 5.91 Å². The first-order valence-electron chi connectivity index (χ1n) is 7.17. The standard InChI is InChI=1S/C15H16ClN5O3/c1-19-13-12(14(23)20(2)15(19)24)21(8-17-13)7-11(22)18-10-5-3-9(16)4-6-10/h3-6,8,15,24H,7H2,1-2H3,(H,18,22). The number of nitrogens with one attached hydrogen (secondary N) is 1. The number of hydrogen-bond acceptors (Lipinski definition) is 5. The van der Waals surface area contributed by atoms with Crippen LogP contribution in [-0.4, -0.2) is 51.8 Å². The Morgan fingerprint density at radius 2 is 1.96 bits per heavy atom. The molecule has 126 valence electrons. The predicted octanol–water partition coefficient (Wildman–Crippen LogP) is 0.973. The second kappa shape index (κ2) is 6.14. The Hall–Kier alpha value is -2.58. The van der Waals surface area contributed by atoms with Crippen molar-refractivity contribution in [1.82, 2.24) is 14.5 Å². The molecule has 0 radical (unpaired) electrons. The minimum atomic E-state index is -1.09. The first kappa shape index (κ1) is 16.3. The zero-order valence-corrected chi connectivity index (χ0v) is 13.9. The Kier molecular flexibility index (Phi) is 4.16. The normalized spacial score (nSPS) is 17.0. The second-order valence-electron chi connectivity index (χ2n) is 5.47. The number of hydrogen-bond donors (Lipinski definition) is 2. The number of aliphatic hydroxyl groups excluding tert-OH is 1. The van der Waals surface area contributed by atoms with Crippen molar-refractivity contribution in [1.29, 1.82) is 0 Å². The molecule has 0 fully saturated rings. The number of rotatable bonds is 3. The van der Waals surface area contributed by atoms with Crippen LogP contribution in [0.4, 0.5) is 11.5 Å². The smallest absolute Gasteiger partial charge is 0.277 e. The maximum Gasteiger partial charge on any atom is 0.277 e. The molecule has 2 N–H and O–H groups in total. The number of nitrogens with zero attached hydrogens (tertiary/aromatic N) is 4. The number of imidazole rings is 1. The number of carbonyl (C=O) groups is 2. The molecular weight excluding hydrogens is 334 g/mol. The van der Waals surface area contributed by atoms with E-state index in [-0.39, 0.29) is 18.1 Å². The van der Waals surface area contributed by atoms with Crippen molar-refractivity contribution < 1.29 is 14.7 Å². The lowest BCUT2D eigenvalue weighted by molar-refractivity contribution is -0.116. The average Bonchev–Trinajstić information content (AvgIpc) is 2.96. The van der Waals surface area contributed by atoms with E-state index in [1.807, 2.05) is 0 Å². The fourth-order valence-corrected chi connectivity index (χ4v) is 2.62. The maximum atomic E-state index is 12.4. The topological polar surface area (TPSA) is 90.7 Å². The van der Waals surface area contributed by atoms with Crippen LogP contribution >= 0.6 is 11.6 Å². The molecule has 0 saturated heterocycles. The first-order valence-corrected chi connectivity index (χ1v) is 7.55. The van der Waals surface area contributed by atoms with Crippen LogP contribution in [0.3, 0.4) is 0 Å². The van der Waals surface area contributed by atoms with Crippen LogP contribution in [0, 0.1) is 0 Å². The zero-order chi connectivity index (χ0) is 17.4. The molecule has 0 saturated carbocycles. The zero-order valence-electron chi connectivity index (χ0n) is 13.1. The molecule has 3 rings (SSSR count). The number of halogens is 1. The SMILES string of the molecule is CN1C(=O)c2c(ncn2CC(=O)Nc2ccc(Cl)cc2)N(C)C1O. The average molecular weight is 350 g/mol. The molecule has 0 bridgehead atoms. The van der Waals surface area contributed by atoms with Gasteiger partial charge in [0.1, 0.15) is 6.54 Å². The van der Waals surface area contributed by atoms with E-state index in [4.69, 9.17) is 11.6 Å². The molecule has 2 heterocycles. The summed E-state index contributed by atoms with van der Waals surface area (Å²) in [5.41, 5.74) is 0.867. The third-order valence-corrected chi connectivity index (χ3v) is 4.06. The molecule has 1 unspecified atom stereocenters. The molecule has 1 aromatic carbocycles. The summed E-state index contributed by atoms with van der Waals surface area (Å²) in [7, 11) is 3.11. The predicted molar refractivity (Wildman–Crippen MR) is 88.8 cm³/mol. The van der Waals surface area contributed by atoms with Crippen molar-refractivity contribution in [3.8, 4) is 0 Å². The number of aliphatic hydroxyl groups is 1. The molecule has 0 spiro atoms. The highest BCUT2D eigenvalue weighted by Gasteiger charge is 2.36. The van der Waals surface area contributed by atoms with E-state index in [0.29, 0.717) is 16.5 Å². The van der Waals surface area contributed by atoms with E-state index in [0.717, 1.165) is 0 Å². The summed E-state index contributed by atoms with van der Waals surface area (Å²) in [4.78, 5) is 31.3. The van der Waals surface area contributed by atoms with Gasteiger partial charge in [-0.1, -0.05) is 11.6 Å². The fourth-order valence-electron chi connectivity index (χ4n) is 2.50. The summed E-state index contributed by atoms with van der Waals surface area (Å²) in [6, 6.07) is 6.72. The quantitative estimate of drug-likeness (QED) is 0.861. The largest absolute Gasteiger partial charge is 0.356 e. The van der Waals surface area contributed by atoms with E-state index >= 15 is 0 Å². The Balaban J connectivity index is 1.79. The van der Waals surface area contributed by atoms with Gasteiger partial charge in [-0.05, 0) is 24.3 Å². The molecule has 1 aliphatic rings. The Morgan fingerprint density at radius 3 is 2.62 bits per heavy atom. The number of anilines is 2. The summed E-state index contributed by atoms with van der Waals surface area (Å²) in [5, 5.41) is 13.3. The van der Waals surface area contributed by atoms with Gasteiger partial charge >= 0.3 is 0 Å². The number of benzene rings is 1. The molecule has 1 aromatic heterocycles. The van der Waals surface area contributed by atoms with Crippen LogP contribution in [-0.2, 0) is 11.3 Å². The molecule has 9 heteroatoms.